The van der Waals surface area contributed by atoms with Gasteiger partial charge in [-0.15, -0.1) is 0 Å². The van der Waals surface area contributed by atoms with Crippen LogP contribution in [0.4, 0.5) is 11.4 Å². The molecule has 2 aromatic carbocycles. The summed E-state index contributed by atoms with van der Waals surface area (Å²) in [6.45, 7) is 4.77. The topological polar surface area (TPSA) is 54.0 Å². The Morgan fingerprint density at radius 2 is 1.70 bits per heavy atom. The maximum atomic E-state index is 12.7. The van der Waals surface area contributed by atoms with E-state index in [0.29, 0.717) is 19.8 Å². The first-order valence-corrected chi connectivity index (χ1v) is 11.0. The highest BCUT2D eigenvalue weighted by Gasteiger charge is 2.28. The molecule has 0 aliphatic carbocycles. The van der Waals surface area contributed by atoms with E-state index in [4.69, 9.17) is 9.47 Å². The summed E-state index contributed by atoms with van der Waals surface area (Å²) in [4.78, 5) is 17.4. The summed E-state index contributed by atoms with van der Waals surface area (Å²) in [5.74, 6) is 1.66. The van der Waals surface area contributed by atoms with Crippen LogP contribution in [-0.2, 0) is 4.79 Å². The molecule has 158 valence electrons. The van der Waals surface area contributed by atoms with Gasteiger partial charge in [0.25, 0.3) is 0 Å². The van der Waals surface area contributed by atoms with Crippen LogP contribution in [0.15, 0.2) is 42.5 Å². The van der Waals surface area contributed by atoms with Crippen molar-refractivity contribution < 1.29 is 14.3 Å². The number of likely N-dealkylation sites (tertiary alicyclic amines) is 1. The van der Waals surface area contributed by atoms with Gasteiger partial charge in [-0.3, -0.25) is 9.69 Å². The van der Waals surface area contributed by atoms with Crippen LogP contribution in [0.5, 0.6) is 11.5 Å². The lowest BCUT2D eigenvalue weighted by atomic mass is 10.0. The maximum Gasteiger partial charge on any atom is 0.238 e. The zero-order valence-electron chi connectivity index (χ0n) is 17.3. The Hall–Kier alpha value is -2.73. The number of fused-ring (bicyclic) bond motifs is 1. The van der Waals surface area contributed by atoms with Gasteiger partial charge in [0.2, 0.25) is 5.91 Å². The molecule has 0 spiro atoms. The SMILES string of the molecule is O=C(CN1CCCC1c1ccc2c(c1)OCCO2)Nc1ccc(N2CCCC2)cc1. The van der Waals surface area contributed by atoms with E-state index in [2.05, 4.69) is 39.4 Å². The third-order valence-electron chi connectivity index (χ3n) is 6.28. The Bertz CT molecular complexity index is 893. The molecular formula is C24H29N3O3. The third-order valence-corrected chi connectivity index (χ3v) is 6.28. The predicted molar refractivity (Wildman–Crippen MR) is 117 cm³/mol. The monoisotopic (exact) mass is 407 g/mol. The number of benzene rings is 2. The molecule has 0 saturated carbocycles. The largest absolute Gasteiger partial charge is 0.486 e. The van der Waals surface area contributed by atoms with Gasteiger partial charge in [0.15, 0.2) is 11.5 Å². The number of nitrogens with one attached hydrogen (secondary N) is 1. The molecule has 1 N–H and O–H groups in total. The van der Waals surface area contributed by atoms with E-state index in [1.165, 1.54) is 24.1 Å². The molecule has 3 heterocycles. The fourth-order valence-electron chi connectivity index (χ4n) is 4.78. The Labute approximate surface area is 177 Å². The molecule has 0 aromatic heterocycles. The van der Waals surface area contributed by atoms with Gasteiger partial charge >= 0.3 is 0 Å². The first kappa shape index (κ1) is 19.2. The predicted octanol–water partition coefficient (Wildman–Crippen LogP) is 3.83. The van der Waals surface area contributed by atoms with E-state index in [0.717, 1.165) is 49.7 Å². The summed E-state index contributed by atoms with van der Waals surface area (Å²) >= 11 is 0. The average Bonchev–Trinajstić information content (AvgIpc) is 3.46. The van der Waals surface area contributed by atoms with Crippen molar-refractivity contribution in [3.05, 3.63) is 48.0 Å². The molecule has 2 saturated heterocycles. The summed E-state index contributed by atoms with van der Waals surface area (Å²) in [6, 6.07) is 14.6. The Balaban J connectivity index is 1.21. The number of carbonyl (C=O) groups is 1. The Kier molecular flexibility index (Phi) is 5.49. The smallest absolute Gasteiger partial charge is 0.238 e. The van der Waals surface area contributed by atoms with Gasteiger partial charge in [0.1, 0.15) is 13.2 Å². The number of hydrogen-bond donors (Lipinski definition) is 1. The minimum absolute atomic E-state index is 0.0355. The first-order valence-electron chi connectivity index (χ1n) is 11.0. The molecule has 3 aliphatic heterocycles. The molecule has 1 unspecified atom stereocenters. The standard InChI is InChI=1S/C24H29N3O3/c28-24(25-19-6-8-20(9-7-19)26-11-1-2-12-26)17-27-13-3-4-21(27)18-5-10-22-23(16-18)30-15-14-29-22/h5-10,16,21H,1-4,11-15,17H2,(H,25,28). The Morgan fingerprint density at radius 3 is 2.50 bits per heavy atom. The molecule has 0 bridgehead atoms. The number of nitrogens with zero attached hydrogens (tertiary/aromatic N) is 2. The minimum atomic E-state index is 0.0355. The highest BCUT2D eigenvalue weighted by Crippen LogP contribution is 2.38. The summed E-state index contributed by atoms with van der Waals surface area (Å²) in [5, 5.41) is 3.06. The van der Waals surface area contributed by atoms with Crippen molar-refractivity contribution in [2.45, 2.75) is 31.7 Å². The highest BCUT2D eigenvalue weighted by atomic mass is 16.6. The van der Waals surface area contributed by atoms with Gasteiger partial charge in [-0.05, 0) is 74.2 Å². The fraction of sp³-hybridized carbons (Fsp3) is 0.458. The molecular weight excluding hydrogens is 378 g/mol. The lowest BCUT2D eigenvalue weighted by Gasteiger charge is -2.26. The molecule has 0 radical (unpaired) electrons. The van der Waals surface area contributed by atoms with Crippen LogP contribution in [0, 0.1) is 0 Å². The van der Waals surface area contributed by atoms with Gasteiger partial charge in [0, 0.05) is 30.5 Å². The van der Waals surface area contributed by atoms with Crippen LogP contribution >= 0.6 is 0 Å². The van der Waals surface area contributed by atoms with Crippen molar-refractivity contribution in [1.29, 1.82) is 0 Å². The number of rotatable bonds is 5. The number of ether oxygens (including phenoxy) is 2. The molecule has 6 heteroatoms. The quantitative estimate of drug-likeness (QED) is 0.816. The van der Waals surface area contributed by atoms with Crippen LogP contribution in [-0.4, -0.2) is 50.2 Å². The van der Waals surface area contributed by atoms with Crippen LogP contribution in [0.2, 0.25) is 0 Å². The number of carbonyl (C=O) groups excluding carboxylic acids is 1. The van der Waals surface area contributed by atoms with Crippen molar-refractivity contribution in [3.8, 4) is 11.5 Å². The van der Waals surface area contributed by atoms with E-state index in [1.807, 2.05) is 18.2 Å². The number of amides is 1. The second-order valence-electron chi connectivity index (χ2n) is 8.32. The molecule has 30 heavy (non-hydrogen) atoms. The number of hydrogen-bond acceptors (Lipinski definition) is 5. The molecule has 2 fully saturated rings. The summed E-state index contributed by atoms with van der Waals surface area (Å²) in [6.07, 6.45) is 4.67. The van der Waals surface area contributed by atoms with Gasteiger partial charge in [-0.2, -0.15) is 0 Å². The summed E-state index contributed by atoms with van der Waals surface area (Å²) < 4.78 is 11.4. The molecule has 3 aliphatic rings. The van der Waals surface area contributed by atoms with E-state index in [9.17, 15) is 4.79 Å². The normalized spacial score (nSPS) is 21.1. The zero-order valence-corrected chi connectivity index (χ0v) is 17.3. The molecule has 6 nitrogen and oxygen atoms in total. The van der Waals surface area contributed by atoms with E-state index < -0.39 is 0 Å². The number of anilines is 2. The molecule has 2 aromatic rings. The minimum Gasteiger partial charge on any atom is -0.486 e. The van der Waals surface area contributed by atoms with Crippen molar-refractivity contribution in [1.82, 2.24) is 4.90 Å². The zero-order chi connectivity index (χ0) is 20.3. The molecule has 1 amide bonds. The van der Waals surface area contributed by atoms with E-state index in [-0.39, 0.29) is 11.9 Å². The highest BCUT2D eigenvalue weighted by molar-refractivity contribution is 5.92. The summed E-state index contributed by atoms with van der Waals surface area (Å²) in [5.41, 5.74) is 3.29. The fourth-order valence-corrected chi connectivity index (χ4v) is 4.78. The van der Waals surface area contributed by atoms with E-state index >= 15 is 0 Å². The van der Waals surface area contributed by atoms with Crippen LogP contribution in [0.3, 0.4) is 0 Å². The van der Waals surface area contributed by atoms with Gasteiger partial charge in [-0.1, -0.05) is 6.07 Å². The molecule has 5 rings (SSSR count). The lowest BCUT2D eigenvalue weighted by Crippen LogP contribution is -2.33. The summed E-state index contributed by atoms with van der Waals surface area (Å²) in [7, 11) is 0. The molecule has 1 atom stereocenters. The second kappa shape index (κ2) is 8.56. The second-order valence-corrected chi connectivity index (χ2v) is 8.32. The third kappa shape index (κ3) is 4.10. The van der Waals surface area contributed by atoms with Gasteiger partial charge in [0.05, 0.1) is 6.54 Å². The van der Waals surface area contributed by atoms with Crippen LogP contribution in [0.1, 0.15) is 37.3 Å². The lowest BCUT2D eigenvalue weighted by molar-refractivity contribution is -0.117. The first-order chi connectivity index (χ1) is 14.8. The van der Waals surface area contributed by atoms with Crippen molar-refractivity contribution in [2.75, 3.05) is 49.6 Å². The van der Waals surface area contributed by atoms with Gasteiger partial charge in [-0.25, -0.2) is 0 Å². The van der Waals surface area contributed by atoms with Crippen LogP contribution in [0.25, 0.3) is 0 Å². The van der Waals surface area contributed by atoms with Crippen molar-refractivity contribution >= 4 is 17.3 Å². The van der Waals surface area contributed by atoms with E-state index in [1.54, 1.807) is 0 Å². The Morgan fingerprint density at radius 1 is 0.933 bits per heavy atom. The van der Waals surface area contributed by atoms with Gasteiger partial charge < -0.3 is 19.7 Å². The van der Waals surface area contributed by atoms with Crippen molar-refractivity contribution in [3.63, 3.8) is 0 Å². The maximum absolute atomic E-state index is 12.7. The average molecular weight is 408 g/mol. The van der Waals surface area contributed by atoms with Crippen molar-refractivity contribution in [2.24, 2.45) is 0 Å². The van der Waals surface area contributed by atoms with Crippen LogP contribution < -0.4 is 19.7 Å².